The van der Waals surface area contributed by atoms with Gasteiger partial charge in [-0.15, -0.1) is 0 Å². The minimum atomic E-state index is 0.0851. The van der Waals surface area contributed by atoms with Gasteiger partial charge < -0.3 is 10.1 Å². The maximum Gasteiger partial charge on any atom is 0.234 e. The number of hydrogen-bond acceptors (Lipinski definition) is 3. The Morgan fingerprint density at radius 1 is 1.32 bits per heavy atom. The molecule has 0 aliphatic carbocycles. The van der Waals surface area contributed by atoms with Crippen molar-refractivity contribution in [3.8, 4) is 0 Å². The SMILES string of the molecule is Cc1ccc(CNC(=O)CN2CCOCC2)c(C)c1. The molecule has 1 aromatic carbocycles. The predicted octanol–water partition coefficient (Wildman–Crippen LogP) is 1.25. The summed E-state index contributed by atoms with van der Waals surface area (Å²) in [7, 11) is 0. The van der Waals surface area contributed by atoms with Crippen molar-refractivity contribution in [1.82, 2.24) is 10.2 Å². The first-order valence-electron chi connectivity index (χ1n) is 6.78. The van der Waals surface area contributed by atoms with Gasteiger partial charge in [0.1, 0.15) is 0 Å². The van der Waals surface area contributed by atoms with Gasteiger partial charge in [0, 0.05) is 19.6 Å². The van der Waals surface area contributed by atoms with E-state index in [-0.39, 0.29) is 5.91 Å². The molecule has 1 aliphatic rings. The molecule has 1 aromatic rings. The highest BCUT2D eigenvalue weighted by atomic mass is 16.5. The van der Waals surface area contributed by atoms with Gasteiger partial charge in [-0.1, -0.05) is 23.8 Å². The predicted molar refractivity (Wildman–Crippen MR) is 75.0 cm³/mol. The van der Waals surface area contributed by atoms with Crippen LogP contribution < -0.4 is 5.32 Å². The lowest BCUT2D eigenvalue weighted by molar-refractivity contribution is -0.123. The largest absolute Gasteiger partial charge is 0.379 e. The molecule has 0 spiro atoms. The Labute approximate surface area is 114 Å². The van der Waals surface area contributed by atoms with Crippen molar-refractivity contribution in [2.75, 3.05) is 32.8 Å². The number of hydrogen-bond donors (Lipinski definition) is 1. The molecule has 19 heavy (non-hydrogen) atoms. The van der Waals surface area contributed by atoms with Crippen LogP contribution in [0.15, 0.2) is 18.2 Å². The summed E-state index contributed by atoms with van der Waals surface area (Å²) in [6.07, 6.45) is 0. The molecule has 1 N–H and O–H groups in total. The molecule has 0 radical (unpaired) electrons. The topological polar surface area (TPSA) is 41.6 Å². The number of ether oxygens (including phenoxy) is 1. The van der Waals surface area contributed by atoms with E-state index in [9.17, 15) is 4.79 Å². The van der Waals surface area contributed by atoms with Crippen LogP contribution in [0.3, 0.4) is 0 Å². The van der Waals surface area contributed by atoms with E-state index in [1.54, 1.807) is 0 Å². The number of amides is 1. The summed E-state index contributed by atoms with van der Waals surface area (Å²) in [5, 5.41) is 2.99. The minimum Gasteiger partial charge on any atom is -0.379 e. The Morgan fingerprint density at radius 3 is 2.74 bits per heavy atom. The van der Waals surface area contributed by atoms with Crippen LogP contribution in [0.4, 0.5) is 0 Å². The molecule has 4 nitrogen and oxygen atoms in total. The Bertz CT molecular complexity index is 440. The van der Waals surface area contributed by atoms with Gasteiger partial charge in [-0.05, 0) is 25.0 Å². The van der Waals surface area contributed by atoms with Crippen molar-refractivity contribution >= 4 is 5.91 Å². The molecule has 0 unspecified atom stereocenters. The van der Waals surface area contributed by atoms with Gasteiger partial charge in [-0.3, -0.25) is 9.69 Å². The summed E-state index contributed by atoms with van der Waals surface area (Å²) in [6, 6.07) is 6.31. The lowest BCUT2D eigenvalue weighted by Crippen LogP contribution is -2.43. The molecule has 1 saturated heterocycles. The summed E-state index contributed by atoms with van der Waals surface area (Å²) < 4.78 is 5.26. The number of carbonyl (C=O) groups is 1. The molecule has 0 saturated carbocycles. The second kappa shape index (κ2) is 6.68. The van der Waals surface area contributed by atoms with Crippen molar-refractivity contribution < 1.29 is 9.53 Å². The van der Waals surface area contributed by atoms with Crippen LogP contribution in [0.1, 0.15) is 16.7 Å². The van der Waals surface area contributed by atoms with E-state index < -0.39 is 0 Å². The monoisotopic (exact) mass is 262 g/mol. The second-order valence-electron chi connectivity index (χ2n) is 5.10. The molecule has 2 rings (SSSR count). The fourth-order valence-electron chi connectivity index (χ4n) is 2.26. The smallest absolute Gasteiger partial charge is 0.234 e. The zero-order valence-electron chi connectivity index (χ0n) is 11.7. The Kier molecular flexibility index (Phi) is 4.93. The Hall–Kier alpha value is -1.39. The van der Waals surface area contributed by atoms with Crippen molar-refractivity contribution in [3.63, 3.8) is 0 Å². The normalized spacial score (nSPS) is 16.3. The third-order valence-electron chi connectivity index (χ3n) is 3.45. The van der Waals surface area contributed by atoms with E-state index in [4.69, 9.17) is 4.74 Å². The van der Waals surface area contributed by atoms with E-state index >= 15 is 0 Å². The fourth-order valence-corrected chi connectivity index (χ4v) is 2.26. The first-order valence-corrected chi connectivity index (χ1v) is 6.78. The Morgan fingerprint density at radius 2 is 2.05 bits per heavy atom. The summed E-state index contributed by atoms with van der Waals surface area (Å²) >= 11 is 0. The van der Waals surface area contributed by atoms with Crippen LogP contribution in [0.2, 0.25) is 0 Å². The van der Waals surface area contributed by atoms with Crippen LogP contribution >= 0.6 is 0 Å². The van der Waals surface area contributed by atoms with Crippen molar-refractivity contribution in [1.29, 1.82) is 0 Å². The molecule has 0 atom stereocenters. The quantitative estimate of drug-likeness (QED) is 0.888. The van der Waals surface area contributed by atoms with Gasteiger partial charge in [0.15, 0.2) is 0 Å². The zero-order valence-corrected chi connectivity index (χ0v) is 11.7. The second-order valence-corrected chi connectivity index (χ2v) is 5.10. The fraction of sp³-hybridized carbons (Fsp3) is 0.533. The van der Waals surface area contributed by atoms with Crippen LogP contribution in [-0.4, -0.2) is 43.7 Å². The summed E-state index contributed by atoms with van der Waals surface area (Å²) in [4.78, 5) is 14.0. The third kappa shape index (κ3) is 4.33. The van der Waals surface area contributed by atoms with Crippen molar-refractivity contribution in [3.05, 3.63) is 34.9 Å². The Balaban J connectivity index is 1.79. The first kappa shape index (κ1) is 14.0. The average molecular weight is 262 g/mol. The summed E-state index contributed by atoms with van der Waals surface area (Å²) in [5.41, 5.74) is 3.66. The molecule has 1 amide bonds. The summed E-state index contributed by atoms with van der Waals surface area (Å²) in [5.74, 6) is 0.0851. The molecule has 0 bridgehead atoms. The van der Waals surface area contributed by atoms with Crippen LogP contribution in [0, 0.1) is 13.8 Å². The van der Waals surface area contributed by atoms with Crippen LogP contribution in [-0.2, 0) is 16.1 Å². The van der Waals surface area contributed by atoms with Gasteiger partial charge in [-0.2, -0.15) is 0 Å². The molecular weight excluding hydrogens is 240 g/mol. The molecule has 1 fully saturated rings. The highest BCUT2D eigenvalue weighted by Gasteiger charge is 2.13. The molecule has 1 heterocycles. The van der Waals surface area contributed by atoms with E-state index in [1.165, 1.54) is 16.7 Å². The number of aryl methyl sites for hydroxylation is 2. The molecule has 104 valence electrons. The lowest BCUT2D eigenvalue weighted by Gasteiger charge is -2.25. The number of nitrogens with one attached hydrogen (secondary N) is 1. The minimum absolute atomic E-state index is 0.0851. The molecule has 0 aromatic heterocycles. The van der Waals surface area contributed by atoms with Gasteiger partial charge in [0.25, 0.3) is 0 Å². The maximum absolute atomic E-state index is 11.9. The number of rotatable bonds is 4. The highest BCUT2D eigenvalue weighted by molar-refractivity contribution is 5.78. The number of nitrogens with zero attached hydrogens (tertiary/aromatic N) is 1. The highest BCUT2D eigenvalue weighted by Crippen LogP contribution is 2.10. The van der Waals surface area contributed by atoms with Crippen LogP contribution in [0.5, 0.6) is 0 Å². The number of benzene rings is 1. The van der Waals surface area contributed by atoms with Crippen LogP contribution in [0.25, 0.3) is 0 Å². The molecule has 1 aliphatic heterocycles. The van der Waals surface area contributed by atoms with Gasteiger partial charge in [-0.25, -0.2) is 0 Å². The zero-order chi connectivity index (χ0) is 13.7. The van der Waals surface area contributed by atoms with Gasteiger partial charge >= 0.3 is 0 Å². The standard InChI is InChI=1S/C15H22N2O2/c1-12-3-4-14(13(2)9-12)10-16-15(18)11-17-5-7-19-8-6-17/h3-4,9H,5-8,10-11H2,1-2H3,(H,16,18). The first-order chi connectivity index (χ1) is 9.15. The molecule has 4 heteroatoms. The maximum atomic E-state index is 11.9. The summed E-state index contributed by atoms with van der Waals surface area (Å²) in [6.45, 7) is 8.37. The lowest BCUT2D eigenvalue weighted by atomic mass is 10.1. The number of carbonyl (C=O) groups excluding carboxylic acids is 1. The van der Waals surface area contributed by atoms with E-state index in [0.29, 0.717) is 13.1 Å². The van der Waals surface area contributed by atoms with Gasteiger partial charge in [0.2, 0.25) is 5.91 Å². The third-order valence-corrected chi connectivity index (χ3v) is 3.45. The van der Waals surface area contributed by atoms with E-state index in [1.807, 2.05) is 0 Å². The number of morpholine rings is 1. The average Bonchev–Trinajstić information content (AvgIpc) is 2.39. The van der Waals surface area contributed by atoms with Gasteiger partial charge in [0.05, 0.1) is 19.8 Å². The van der Waals surface area contributed by atoms with E-state index in [0.717, 1.165) is 26.3 Å². The van der Waals surface area contributed by atoms with Crippen molar-refractivity contribution in [2.24, 2.45) is 0 Å². The molecular formula is C15H22N2O2. The van der Waals surface area contributed by atoms with E-state index in [2.05, 4.69) is 42.3 Å². The van der Waals surface area contributed by atoms with Crippen molar-refractivity contribution in [2.45, 2.75) is 20.4 Å².